The monoisotopic (exact) mass is 411 g/mol. The molecule has 6 heteroatoms. The third-order valence-corrected chi connectivity index (χ3v) is 5.62. The normalized spacial score (nSPS) is 13.9. The van der Waals surface area contributed by atoms with Crippen LogP contribution in [0.2, 0.25) is 0 Å². The van der Waals surface area contributed by atoms with Crippen molar-refractivity contribution < 1.29 is 24.5 Å². The van der Waals surface area contributed by atoms with Gasteiger partial charge in [0.15, 0.2) is 0 Å². The van der Waals surface area contributed by atoms with Gasteiger partial charge in [-0.2, -0.15) is 0 Å². The van der Waals surface area contributed by atoms with E-state index >= 15 is 0 Å². The fraction of sp³-hybridized carbons (Fsp3) is 0.417. The Hall–Kier alpha value is -3.02. The van der Waals surface area contributed by atoms with Gasteiger partial charge in [-0.05, 0) is 79.6 Å². The van der Waals surface area contributed by atoms with Crippen molar-refractivity contribution in [3.8, 4) is 17.2 Å². The lowest BCUT2D eigenvalue weighted by Crippen LogP contribution is -2.16. The van der Waals surface area contributed by atoms with Crippen LogP contribution < -0.4 is 10.1 Å². The zero-order valence-electron chi connectivity index (χ0n) is 17.5. The van der Waals surface area contributed by atoms with E-state index in [1.807, 2.05) is 19.9 Å². The van der Waals surface area contributed by atoms with Crippen molar-refractivity contribution in [2.75, 3.05) is 5.32 Å². The Kier molecular flexibility index (Phi) is 6.98. The minimum atomic E-state index is -1.17. The second-order valence-electron chi connectivity index (χ2n) is 8.14. The number of benzene rings is 2. The van der Waals surface area contributed by atoms with Gasteiger partial charge in [0.25, 0.3) is 0 Å². The first kappa shape index (κ1) is 21.7. The molecule has 1 saturated carbocycles. The zero-order chi connectivity index (χ0) is 21.7. The third kappa shape index (κ3) is 5.75. The Morgan fingerprint density at radius 1 is 1.10 bits per heavy atom. The van der Waals surface area contributed by atoms with Gasteiger partial charge in [0.1, 0.15) is 23.7 Å². The molecule has 1 aliphatic rings. The van der Waals surface area contributed by atoms with E-state index in [1.54, 1.807) is 24.3 Å². The Balaban J connectivity index is 1.71. The fourth-order valence-corrected chi connectivity index (χ4v) is 4.13. The minimum absolute atomic E-state index is 0.297. The highest BCUT2D eigenvalue weighted by atomic mass is 16.5. The maximum atomic E-state index is 11.7. The number of carbonyl (C=O) groups is 2. The van der Waals surface area contributed by atoms with Gasteiger partial charge in [-0.3, -0.25) is 9.59 Å². The smallest absolute Gasteiger partial charge is 0.312 e. The van der Waals surface area contributed by atoms with Crippen LogP contribution in [0.25, 0.3) is 0 Å². The van der Waals surface area contributed by atoms with Gasteiger partial charge in [0.2, 0.25) is 5.91 Å². The van der Waals surface area contributed by atoms with Crippen molar-refractivity contribution in [2.45, 2.75) is 58.8 Å². The number of hydrogen-bond donors (Lipinski definition) is 3. The largest absolute Gasteiger partial charge is 0.508 e. The highest BCUT2D eigenvalue weighted by molar-refractivity contribution is 6.01. The molecule has 0 atom stereocenters. The van der Waals surface area contributed by atoms with Gasteiger partial charge in [0.05, 0.1) is 0 Å². The van der Waals surface area contributed by atoms with Gasteiger partial charge >= 0.3 is 5.97 Å². The molecule has 160 valence electrons. The van der Waals surface area contributed by atoms with E-state index in [1.165, 1.54) is 25.7 Å². The topological polar surface area (TPSA) is 95.9 Å². The lowest BCUT2D eigenvalue weighted by atomic mass is 9.97. The Morgan fingerprint density at radius 2 is 1.77 bits per heavy atom. The van der Waals surface area contributed by atoms with E-state index < -0.39 is 18.3 Å². The third-order valence-electron chi connectivity index (χ3n) is 5.62. The molecule has 2 aromatic carbocycles. The van der Waals surface area contributed by atoms with Gasteiger partial charge in [0, 0.05) is 5.69 Å². The first-order valence-electron chi connectivity index (χ1n) is 10.4. The summed E-state index contributed by atoms with van der Waals surface area (Å²) in [5, 5.41) is 21.5. The number of ether oxygens (including phenoxy) is 1. The molecule has 1 fully saturated rings. The molecule has 1 amide bonds. The molecule has 3 N–H and O–H groups in total. The molecule has 0 spiro atoms. The highest BCUT2D eigenvalue weighted by Crippen LogP contribution is 2.35. The first-order valence-corrected chi connectivity index (χ1v) is 10.4. The summed E-state index contributed by atoms with van der Waals surface area (Å²) < 4.78 is 6.11. The van der Waals surface area contributed by atoms with E-state index in [9.17, 15) is 14.7 Å². The van der Waals surface area contributed by atoms with E-state index in [4.69, 9.17) is 9.84 Å². The van der Waals surface area contributed by atoms with Crippen LogP contribution in [-0.2, 0) is 16.0 Å². The minimum Gasteiger partial charge on any atom is -0.508 e. The number of nitrogens with one attached hydrogen (secondary N) is 1. The molecule has 0 bridgehead atoms. The summed E-state index contributed by atoms with van der Waals surface area (Å²) in [4.78, 5) is 22.4. The van der Waals surface area contributed by atoms with Gasteiger partial charge in [-0.1, -0.05) is 25.7 Å². The van der Waals surface area contributed by atoms with Crippen LogP contribution >= 0.6 is 0 Å². The van der Waals surface area contributed by atoms with Crippen LogP contribution in [0.1, 0.15) is 55.2 Å². The van der Waals surface area contributed by atoms with Crippen LogP contribution in [0.3, 0.4) is 0 Å². The number of carboxylic acid groups (broad SMARTS) is 1. The molecule has 30 heavy (non-hydrogen) atoms. The Labute approximate surface area is 176 Å². The first-order chi connectivity index (χ1) is 14.3. The summed E-state index contributed by atoms with van der Waals surface area (Å²) in [7, 11) is 0. The van der Waals surface area contributed by atoms with Crippen LogP contribution in [0.5, 0.6) is 17.2 Å². The van der Waals surface area contributed by atoms with Gasteiger partial charge in [-0.25, -0.2) is 0 Å². The molecule has 3 rings (SSSR count). The molecule has 0 aromatic heterocycles. The van der Waals surface area contributed by atoms with Crippen molar-refractivity contribution in [3.63, 3.8) is 0 Å². The predicted octanol–water partition coefficient (Wildman–Crippen LogP) is 5.34. The van der Waals surface area contributed by atoms with Crippen LogP contribution in [0.15, 0.2) is 30.3 Å². The number of aliphatic carboxylic acids is 1. The van der Waals surface area contributed by atoms with Crippen molar-refractivity contribution in [1.29, 1.82) is 0 Å². The van der Waals surface area contributed by atoms with Crippen molar-refractivity contribution in [3.05, 3.63) is 47.0 Å². The lowest BCUT2D eigenvalue weighted by Gasteiger charge is -2.16. The summed E-state index contributed by atoms with van der Waals surface area (Å²) in [5.41, 5.74) is 3.07. The molecule has 1 aliphatic carbocycles. The van der Waals surface area contributed by atoms with Crippen molar-refractivity contribution in [1.82, 2.24) is 0 Å². The molecule has 0 radical (unpaired) electrons. The quantitative estimate of drug-likeness (QED) is 0.510. The summed E-state index contributed by atoms with van der Waals surface area (Å²) in [6.45, 7) is 3.74. The Bertz CT molecular complexity index is 908. The van der Waals surface area contributed by atoms with Gasteiger partial charge in [-0.15, -0.1) is 0 Å². The lowest BCUT2D eigenvalue weighted by molar-refractivity contribution is -0.139. The van der Waals surface area contributed by atoms with E-state index in [2.05, 4.69) is 5.32 Å². The maximum absolute atomic E-state index is 11.7. The number of aryl methyl sites for hydroxylation is 3. The molecular formula is C24H29NO5. The molecule has 2 aromatic rings. The zero-order valence-corrected chi connectivity index (χ0v) is 17.5. The summed E-state index contributed by atoms with van der Waals surface area (Å²) in [6.07, 6.45) is 6.53. The van der Waals surface area contributed by atoms with E-state index in [0.717, 1.165) is 35.4 Å². The summed E-state index contributed by atoms with van der Waals surface area (Å²) >= 11 is 0. The van der Waals surface area contributed by atoms with Crippen LogP contribution in [0, 0.1) is 19.8 Å². The number of phenols is 1. The number of rotatable bonds is 8. The summed E-state index contributed by atoms with van der Waals surface area (Å²) in [6, 6.07) is 8.82. The number of phenolic OH excluding ortho intramolecular Hbond substituents is 1. The fourth-order valence-electron chi connectivity index (χ4n) is 4.13. The average Bonchev–Trinajstić information content (AvgIpc) is 3.17. The molecule has 0 saturated heterocycles. The van der Waals surface area contributed by atoms with E-state index in [0.29, 0.717) is 22.9 Å². The van der Waals surface area contributed by atoms with Crippen LogP contribution in [-0.4, -0.2) is 22.1 Å². The number of aromatic hydroxyl groups is 1. The number of carbonyl (C=O) groups excluding carboxylic acids is 1. The molecule has 6 nitrogen and oxygen atoms in total. The van der Waals surface area contributed by atoms with E-state index in [-0.39, 0.29) is 0 Å². The maximum Gasteiger partial charge on any atom is 0.312 e. The Morgan fingerprint density at radius 3 is 2.40 bits per heavy atom. The second-order valence-corrected chi connectivity index (χ2v) is 8.14. The number of carboxylic acids is 1. The van der Waals surface area contributed by atoms with Crippen molar-refractivity contribution in [2.24, 2.45) is 5.92 Å². The standard InChI is InChI=1S/C24H29NO5/c1-15-11-19(25-22(27)14-23(28)29)12-16(2)24(15)30-20-9-10-21(26)18(13-20)8-7-17-5-3-4-6-17/h9-13,17,26H,3-8,14H2,1-2H3,(H,25,27)(H,28,29). The average molecular weight is 411 g/mol. The molecule has 0 heterocycles. The van der Waals surface area contributed by atoms with Crippen LogP contribution in [0.4, 0.5) is 5.69 Å². The van der Waals surface area contributed by atoms with Gasteiger partial charge < -0.3 is 20.3 Å². The highest BCUT2D eigenvalue weighted by Gasteiger charge is 2.16. The number of hydrogen-bond acceptors (Lipinski definition) is 4. The second kappa shape index (κ2) is 9.65. The number of anilines is 1. The SMILES string of the molecule is Cc1cc(NC(=O)CC(=O)O)cc(C)c1Oc1ccc(O)c(CCC2CCCC2)c1. The molecule has 0 aliphatic heterocycles. The molecule has 0 unspecified atom stereocenters. The number of amides is 1. The summed E-state index contributed by atoms with van der Waals surface area (Å²) in [5.74, 6) is 0.645. The van der Waals surface area contributed by atoms with Crippen molar-refractivity contribution >= 4 is 17.6 Å². The molecular weight excluding hydrogens is 382 g/mol. The predicted molar refractivity (Wildman–Crippen MR) is 115 cm³/mol.